The Bertz CT molecular complexity index is 269. The maximum atomic E-state index is 11.2. The van der Waals surface area contributed by atoms with E-state index in [-0.39, 0.29) is 126 Å². The van der Waals surface area contributed by atoms with Crippen molar-refractivity contribution in [1.82, 2.24) is 0 Å². The molecule has 0 rings (SSSR count). The molecule has 0 spiro atoms. The number of carbonyl (C=O) groups is 1. The van der Waals surface area contributed by atoms with Gasteiger partial charge < -0.3 is 39.4 Å². The average molecular weight is 312 g/mol. The molecule has 16 heavy (non-hydrogen) atoms. The topological polar surface area (TPSA) is 58.6 Å². The number of rotatable bonds is 5. The molecule has 0 N–H and O–H groups in total. The first-order chi connectivity index (χ1) is 6.54. The van der Waals surface area contributed by atoms with Gasteiger partial charge in [0.05, 0.1) is 18.1 Å². The molecule has 0 saturated carbocycles. The minimum absolute atomic E-state index is 0. The summed E-state index contributed by atoms with van der Waals surface area (Å²) >= 11 is 9.15. The minimum atomic E-state index is -0.828. The first-order valence-electron chi connectivity index (χ1n) is 3.97. The Kier molecular flexibility index (Phi) is 20.3. The number of thiocarbonyl (C=S) groups is 1. The van der Waals surface area contributed by atoms with Crippen molar-refractivity contribution in [3.05, 3.63) is 11.5 Å². The van der Waals surface area contributed by atoms with Crippen molar-refractivity contribution in [2.24, 2.45) is 0 Å². The second-order valence-electron chi connectivity index (χ2n) is 2.10. The molecule has 8 heteroatoms. The van der Waals surface area contributed by atoms with E-state index in [0.29, 0.717) is 0 Å². The molecule has 0 bridgehead atoms. The third-order valence-electron chi connectivity index (χ3n) is 1.16. The third-order valence-corrected chi connectivity index (χ3v) is 1.57. The molecule has 80 valence electrons. The van der Waals surface area contributed by atoms with Gasteiger partial charge in [0.25, 0.3) is 0 Å². The van der Waals surface area contributed by atoms with E-state index in [0.717, 1.165) is 0 Å². The fourth-order valence-electron chi connectivity index (χ4n) is 0.657. The summed E-state index contributed by atoms with van der Waals surface area (Å²) in [6.45, 7) is 3.54. The van der Waals surface area contributed by atoms with Crippen LogP contribution in [0, 0.1) is 0 Å². The van der Waals surface area contributed by atoms with Crippen LogP contribution in [-0.4, -0.2) is 23.4 Å². The maximum Gasteiger partial charge on any atom is 1.00 e. The normalized spacial score (nSPS) is 10.1. The van der Waals surface area contributed by atoms with Crippen LogP contribution < -0.4 is 108 Å². The van der Waals surface area contributed by atoms with Gasteiger partial charge in [0, 0.05) is 0 Å². The van der Waals surface area contributed by atoms with Gasteiger partial charge in [0.2, 0.25) is 0 Å². The van der Waals surface area contributed by atoms with Crippen LogP contribution in [0.4, 0.5) is 0 Å². The number of hydrogen-bond donors (Lipinski definition) is 0. The van der Waals surface area contributed by atoms with Gasteiger partial charge in [-0.2, -0.15) is 0 Å². The molecule has 0 aromatic heterocycles. The molecule has 0 aliphatic heterocycles. The fraction of sp³-hybridized carbons (Fsp3) is 0.500. The zero-order chi connectivity index (χ0) is 11.1. The summed E-state index contributed by atoms with van der Waals surface area (Å²) in [5, 5.41) is 11.2. The Labute approximate surface area is 191 Å². The van der Waals surface area contributed by atoms with Crippen LogP contribution >= 0.6 is 12.2 Å². The second kappa shape index (κ2) is 13.8. The quantitative estimate of drug-likeness (QED) is 0.126. The molecule has 0 aliphatic carbocycles. The Morgan fingerprint density at radius 3 is 2.00 bits per heavy atom. The molecule has 0 atom stereocenters. The van der Waals surface area contributed by atoms with Crippen LogP contribution in [0.5, 0.6) is 0 Å². The Morgan fingerprint density at radius 2 is 1.69 bits per heavy atom. The molecular weight excluding hydrogens is 302 g/mol. The smallest absolute Gasteiger partial charge is 0.613 e. The first kappa shape index (κ1) is 23.5. The van der Waals surface area contributed by atoms with E-state index in [4.69, 9.17) is 0 Å². The van der Waals surface area contributed by atoms with E-state index in [2.05, 4.69) is 34.3 Å². The molecule has 0 aromatic carbocycles. The molecule has 0 amide bonds. The Morgan fingerprint density at radius 1 is 1.25 bits per heavy atom. The van der Waals surface area contributed by atoms with Gasteiger partial charge >= 0.3 is 109 Å². The Hall–Kier alpha value is 2.39. The number of carbonyl (C=O) groups excluding carboxylic acids is 1. The average Bonchev–Trinajstić information content (AvgIpc) is 2.04. The second-order valence-corrected chi connectivity index (χ2v) is 3.18. The maximum absolute atomic E-state index is 11.2. The number of ether oxygens (including phenoxy) is 2. The standard InChI is InChI=1S/C8H12O4S2.2K/c1-3-11-6(9)5(8(13)14)7(10)12-4-2;;/h9H,3-4H2,1-2H3,(H,13,14);;/q;2*+1/p-2. The molecule has 0 saturated heterocycles. The summed E-state index contributed by atoms with van der Waals surface area (Å²) in [5.74, 6) is -1.66. The molecule has 0 radical (unpaired) electrons. The monoisotopic (exact) mass is 312 g/mol. The van der Waals surface area contributed by atoms with Crippen molar-refractivity contribution in [3.8, 4) is 0 Å². The Balaban J connectivity index is -0.000000845. The van der Waals surface area contributed by atoms with Crippen LogP contribution in [0.2, 0.25) is 0 Å². The van der Waals surface area contributed by atoms with Crippen molar-refractivity contribution in [3.63, 3.8) is 0 Å². The number of hydrogen-bond acceptors (Lipinski definition) is 6. The summed E-state index contributed by atoms with van der Waals surface area (Å²) in [7, 11) is 0. The molecule has 4 nitrogen and oxygen atoms in total. The molecular formula is C8H10K2O4S2. The molecule has 0 aliphatic rings. The third kappa shape index (κ3) is 9.34. The van der Waals surface area contributed by atoms with Crippen LogP contribution in [0.1, 0.15) is 13.8 Å². The predicted molar refractivity (Wildman–Crippen MR) is 55.2 cm³/mol. The van der Waals surface area contributed by atoms with Gasteiger partial charge in [-0.1, -0.05) is 6.92 Å². The van der Waals surface area contributed by atoms with E-state index in [1.165, 1.54) is 0 Å². The zero-order valence-electron chi connectivity index (χ0n) is 9.86. The van der Waals surface area contributed by atoms with Crippen molar-refractivity contribution in [1.29, 1.82) is 0 Å². The molecule has 0 fully saturated rings. The van der Waals surface area contributed by atoms with Crippen molar-refractivity contribution < 1.29 is 122 Å². The van der Waals surface area contributed by atoms with Crippen LogP contribution in [0.3, 0.4) is 0 Å². The van der Waals surface area contributed by atoms with E-state index in [9.17, 15) is 9.90 Å². The van der Waals surface area contributed by atoms with Gasteiger partial charge in [0.1, 0.15) is 0 Å². The molecule has 0 aromatic rings. The van der Waals surface area contributed by atoms with Gasteiger partial charge in [0.15, 0.2) is 0 Å². The van der Waals surface area contributed by atoms with Crippen LogP contribution in [0.25, 0.3) is 0 Å². The van der Waals surface area contributed by atoms with Gasteiger partial charge in [-0.3, -0.25) is 0 Å². The van der Waals surface area contributed by atoms with Crippen molar-refractivity contribution in [2.45, 2.75) is 13.8 Å². The predicted octanol–water partition coefficient (Wildman–Crippen LogP) is -5.96. The van der Waals surface area contributed by atoms with Gasteiger partial charge in [-0.15, -0.1) is 4.20 Å². The largest absolute Gasteiger partial charge is 1.00 e. The SMILES string of the molecule is CCOC(=O)C(C(=S)[S-])=C([O-])OCC.[K+].[K+]. The van der Waals surface area contributed by atoms with Crippen LogP contribution in [0.15, 0.2) is 11.5 Å². The summed E-state index contributed by atoms with van der Waals surface area (Å²) in [5.41, 5.74) is -0.376. The molecule has 0 heterocycles. The van der Waals surface area contributed by atoms with E-state index in [1.807, 2.05) is 0 Å². The van der Waals surface area contributed by atoms with Gasteiger partial charge in [-0.05, 0) is 13.5 Å². The summed E-state index contributed by atoms with van der Waals surface area (Å²) < 4.78 is 8.97. The summed E-state index contributed by atoms with van der Waals surface area (Å²) in [6.07, 6.45) is 0. The fourth-order valence-corrected chi connectivity index (χ4v) is 0.990. The summed E-state index contributed by atoms with van der Waals surface area (Å²) in [4.78, 5) is 11.2. The number of esters is 1. The van der Waals surface area contributed by atoms with E-state index in [1.54, 1.807) is 13.8 Å². The summed E-state index contributed by atoms with van der Waals surface area (Å²) in [6, 6.07) is 0. The van der Waals surface area contributed by atoms with E-state index < -0.39 is 11.9 Å². The van der Waals surface area contributed by atoms with Crippen LogP contribution in [-0.2, 0) is 26.9 Å². The molecule has 0 unspecified atom stereocenters. The van der Waals surface area contributed by atoms with Crippen molar-refractivity contribution >= 4 is 35.0 Å². The first-order valence-corrected chi connectivity index (χ1v) is 4.78. The van der Waals surface area contributed by atoms with Gasteiger partial charge in [-0.25, -0.2) is 4.79 Å². The van der Waals surface area contributed by atoms with Crippen molar-refractivity contribution in [2.75, 3.05) is 13.2 Å². The minimum Gasteiger partial charge on any atom is -0.613 e. The zero-order valence-corrected chi connectivity index (χ0v) is 17.7. The van der Waals surface area contributed by atoms with E-state index >= 15 is 0 Å².